The average molecular weight is 399 g/mol. The normalized spacial score (nSPS) is 12.6. The van der Waals surface area contributed by atoms with Crippen molar-refractivity contribution >= 4 is 53.1 Å². The summed E-state index contributed by atoms with van der Waals surface area (Å²) in [4.78, 5) is 0.815. The third-order valence-electron chi connectivity index (χ3n) is 5.09. The number of anilines is 1. The molecule has 0 aliphatic carbocycles. The van der Waals surface area contributed by atoms with Crippen LogP contribution in [0.2, 0.25) is 0 Å². The second kappa shape index (κ2) is 6.78. The summed E-state index contributed by atoms with van der Waals surface area (Å²) in [5, 5.41) is 30.7. The predicted octanol–water partition coefficient (Wildman–Crippen LogP) is 3.04. The number of nitrogens with zero attached hydrogens (tertiary/aromatic N) is 4. The molecule has 9 heteroatoms. The number of hydrogen-bond donors (Lipinski definition) is 2. The van der Waals surface area contributed by atoms with Crippen LogP contribution < -0.4 is 5.32 Å². The van der Waals surface area contributed by atoms with Gasteiger partial charge in [0.05, 0.1) is 37.9 Å². The van der Waals surface area contributed by atoms with Gasteiger partial charge < -0.3 is 10.4 Å². The molecule has 3 aromatic heterocycles. The highest BCUT2D eigenvalue weighted by Gasteiger charge is 2.24. The summed E-state index contributed by atoms with van der Waals surface area (Å²) in [5.74, 6) is 0.485. The van der Waals surface area contributed by atoms with Crippen molar-refractivity contribution in [1.29, 1.82) is 0 Å². The maximum atomic E-state index is 10.1. The van der Waals surface area contributed by atoms with Gasteiger partial charge in [-0.3, -0.25) is 0 Å². The lowest BCUT2D eigenvalue weighted by Crippen LogP contribution is -2.37. The lowest BCUT2D eigenvalue weighted by molar-refractivity contribution is 0.0786. The van der Waals surface area contributed by atoms with Gasteiger partial charge in [0, 0.05) is 10.8 Å². The van der Waals surface area contributed by atoms with E-state index in [-0.39, 0.29) is 0 Å². The molecule has 0 bridgehead atoms. The first-order valence-electron chi connectivity index (χ1n) is 9.15. The van der Waals surface area contributed by atoms with Gasteiger partial charge in [0.25, 0.3) is 0 Å². The van der Waals surface area contributed by atoms with Crippen LogP contribution in [-0.2, 0) is 10.9 Å². The van der Waals surface area contributed by atoms with Crippen molar-refractivity contribution in [3.05, 3.63) is 52.8 Å². The van der Waals surface area contributed by atoms with Gasteiger partial charge in [-0.15, -0.1) is 21.5 Å². The molecule has 0 fully saturated rings. The van der Waals surface area contributed by atoms with E-state index in [2.05, 4.69) is 25.7 Å². The van der Waals surface area contributed by atoms with Gasteiger partial charge in [-0.25, -0.2) is 0 Å². The fraction of sp³-hybridized carbons (Fsp3) is 0.300. The van der Waals surface area contributed by atoms with E-state index >= 15 is 0 Å². The van der Waals surface area contributed by atoms with Crippen LogP contribution in [0, 0.1) is 13.8 Å². The van der Waals surface area contributed by atoms with E-state index in [1.54, 1.807) is 44.3 Å². The highest BCUT2D eigenvalue weighted by molar-refractivity contribution is 7.26. The maximum Gasteiger partial charge on any atom is 0.166 e. The molecule has 0 aliphatic heterocycles. The molecule has 4 rings (SSSR count). The average Bonchev–Trinajstić information content (AvgIpc) is 3.04. The fourth-order valence-electron chi connectivity index (χ4n) is 3.23. The van der Waals surface area contributed by atoms with Crippen LogP contribution in [0.25, 0.3) is 20.3 Å². The molecular formula is C20H19B2N5OS. The van der Waals surface area contributed by atoms with Crippen LogP contribution in [0.5, 0.6) is 0 Å². The number of thiophene rings is 1. The minimum Gasteiger partial charge on any atom is -0.386 e. The van der Waals surface area contributed by atoms with Crippen molar-refractivity contribution in [2.75, 3.05) is 5.32 Å². The Kier molecular flexibility index (Phi) is 4.63. The van der Waals surface area contributed by atoms with Crippen molar-refractivity contribution in [2.24, 2.45) is 0 Å². The molecule has 1 aromatic carbocycles. The van der Waals surface area contributed by atoms with Crippen LogP contribution in [0.4, 0.5) is 5.82 Å². The van der Waals surface area contributed by atoms with Gasteiger partial charge in [0.15, 0.2) is 5.82 Å². The zero-order chi connectivity index (χ0) is 21.0. The molecule has 0 atom stereocenters. The summed E-state index contributed by atoms with van der Waals surface area (Å²) in [5.41, 5.74) is 2.42. The van der Waals surface area contributed by atoms with Crippen LogP contribution in [0.3, 0.4) is 0 Å². The number of rotatable bonds is 4. The zero-order valence-corrected chi connectivity index (χ0v) is 17.5. The highest BCUT2D eigenvalue weighted by atomic mass is 32.1. The van der Waals surface area contributed by atoms with E-state index in [9.17, 15) is 5.11 Å². The SMILES string of the molecule is [B]C([B])(Nc1nncc2c1sc1nnc(C)c(C)c12)c1ccc(C(C)(C)O)cc1. The Balaban J connectivity index is 1.76. The second-order valence-corrected chi connectivity index (χ2v) is 8.76. The lowest BCUT2D eigenvalue weighted by atomic mass is 9.58. The predicted molar refractivity (Wildman–Crippen MR) is 118 cm³/mol. The van der Waals surface area contributed by atoms with Gasteiger partial charge in [-0.1, -0.05) is 24.3 Å². The third kappa shape index (κ3) is 3.49. The molecule has 4 aromatic rings. The van der Waals surface area contributed by atoms with Gasteiger partial charge in [0.1, 0.15) is 4.83 Å². The summed E-state index contributed by atoms with van der Waals surface area (Å²) in [7, 11) is 12.8. The van der Waals surface area contributed by atoms with Gasteiger partial charge >= 0.3 is 0 Å². The summed E-state index contributed by atoms with van der Waals surface area (Å²) in [6, 6.07) is 7.19. The van der Waals surface area contributed by atoms with Gasteiger partial charge in [-0.05, 0) is 49.7 Å². The molecular weight excluding hydrogens is 380 g/mol. The zero-order valence-electron chi connectivity index (χ0n) is 16.7. The summed E-state index contributed by atoms with van der Waals surface area (Å²) in [6.45, 7) is 7.40. The van der Waals surface area contributed by atoms with E-state index < -0.39 is 10.9 Å². The number of aromatic nitrogens is 4. The molecule has 142 valence electrons. The second-order valence-electron chi connectivity index (χ2n) is 7.76. The van der Waals surface area contributed by atoms with Crippen molar-refractivity contribution in [2.45, 2.75) is 38.6 Å². The van der Waals surface area contributed by atoms with Crippen molar-refractivity contribution in [1.82, 2.24) is 20.4 Å². The van der Waals surface area contributed by atoms with E-state index in [0.29, 0.717) is 11.4 Å². The number of fused-ring (bicyclic) bond motifs is 3. The van der Waals surface area contributed by atoms with E-state index in [4.69, 9.17) is 15.7 Å². The number of nitrogens with one attached hydrogen (secondary N) is 1. The third-order valence-corrected chi connectivity index (χ3v) is 6.19. The van der Waals surface area contributed by atoms with E-state index in [1.165, 1.54) is 11.3 Å². The number of hydrogen-bond acceptors (Lipinski definition) is 7. The minimum absolute atomic E-state index is 0.485. The molecule has 29 heavy (non-hydrogen) atoms. The van der Waals surface area contributed by atoms with Crippen LogP contribution >= 0.6 is 11.3 Å². The van der Waals surface area contributed by atoms with Gasteiger partial charge in [0.2, 0.25) is 0 Å². The fourth-order valence-corrected chi connectivity index (χ4v) is 4.33. The molecule has 0 amide bonds. The number of aliphatic hydroxyl groups is 1. The first-order chi connectivity index (χ1) is 13.6. The smallest absolute Gasteiger partial charge is 0.166 e. The Bertz CT molecular complexity index is 1220. The number of aryl methyl sites for hydroxylation is 2. The quantitative estimate of drug-likeness (QED) is 0.514. The van der Waals surface area contributed by atoms with E-state index in [1.807, 2.05) is 13.8 Å². The van der Waals surface area contributed by atoms with Crippen LogP contribution in [-0.4, -0.2) is 41.2 Å². The summed E-state index contributed by atoms with van der Waals surface area (Å²) >= 11 is 1.47. The molecule has 6 nitrogen and oxygen atoms in total. The highest BCUT2D eigenvalue weighted by Crippen LogP contribution is 2.38. The molecule has 0 saturated heterocycles. The monoisotopic (exact) mass is 399 g/mol. The largest absolute Gasteiger partial charge is 0.386 e. The number of benzene rings is 1. The summed E-state index contributed by atoms with van der Waals surface area (Å²) in [6.07, 6.45) is 1.72. The Morgan fingerprint density at radius 3 is 2.31 bits per heavy atom. The molecule has 0 spiro atoms. The Morgan fingerprint density at radius 1 is 1.00 bits per heavy atom. The Labute approximate surface area is 175 Å². The van der Waals surface area contributed by atoms with Crippen molar-refractivity contribution in [3.63, 3.8) is 0 Å². The molecule has 0 aliphatic rings. The van der Waals surface area contributed by atoms with Crippen LogP contribution in [0.15, 0.2) is 30.5 Å². The minimum atomic E-state index is -1.38. The lowest BCUT2D eigenvalue weighted by Gasteiger charge is -2.29. The molecule has 4 radical (unpaired) electrons. The summed E-state index contributed by atoms with van der Waals surface area (Å²) < 4.78 is 0.867. The van der Waals surface area contributed by atoms with E-state index in [0.717, 1.165) is 37.1 Å². The first-order valence-corrected chi connectivity index (χ1v) is 9.96. The van der Waals surface area contributed by atoms with Gasteiger partial charge in [-0.2, -0.15) is 10.2 Å². The molecule has 2 N–H and O–H groups in total. The van der Waals surface area contributed by atoms with Crippen molar-refractivity contribution < 1.29 is 5.11 Å². The van der Waals surface area contributed by atoms with Crippen molar-refractivity contribution in [3.8, 4) is 0 Å². The molecule has 0 unspecified atom stereocenters. The molecule has 3 heterocycles. The maximum absolute atomic E-state index is 10.1. The standard InChI is InChI=1S/C20H19B2N5OS/c1-10-11(2)25-27-18-15(10)14-9-23-26-17(16(14)29-18)24-20(21,22)13-7-5-12(6-8-13)19(3,4)28/h5-9,28H,1-4H3,(H,24,26). The Morgan fingerprint density at radius 2 is 1.66 bits per heavy atom. The topological polar surface area (TPSA) is 83.8 Å². The molecule has 0 saturated carbocycles. The first kappa shape index (κ1) is 19.8. The Hall–Kier alpha value is -2.51. The van der Waals surface area contributed by atoms with Crippen LogP contribution in [0.1, 0.15) is 36.2 Å².